The van der Waals surface area contributed by atoms with Crippen LogP contribution in [0.5, 0.6) is 11.5 Å². The molecule has 1 unspecified atom stereocenters. The van der Waals surface area contributed by atoms with Gasteiger partial charge in [0.1, 0.15) is 0 Å². The zero-order valence-electron chi connectivity index (χ0n) is 16.7. The maximum Gasteiger partial charge on any atom is 0.195 e. The molecule has 0 aliphatic rings. The molecule has 3 N–H and O–H groups in total. The van der Waals surface area contributed by atoms with Gasteiger partial charge in [0.15, 0.2) is 17.5 Å². The monoisotopic (exact) mass is 370 g/mol. The zero-order valence-corrected chi connectivity index (χ0v) is 16.7. The lowest BCUT2D eigenvalue weighted by Gasteiger charge is -2.25. The maximum absolute atomic E-state index is 5.35. The van der Waals surface area contributed by atoms with E-state index in [1.807, 2.05) is 36.4 Å². The second-order valence-electron chi connectivity index (χ2n) is 6.51. The van der Waals surface area contributed by atoms with Crippen LogP contribution in [0.2, 0.25) is 0 Å². The molecule has 6 heteroatoms. The summed E-state index contributed by atoms with van der Waals surface area (Å²) in [6.45, 7) is 5.14. The smallest absolute Gasteiger partial charge is 0.195 e. The topological polar surface area (TPSA) is 66.9 Å². The summed E-state index contributed by atoms with van der Waals surface area (Å²) in [5, 5.41) is 10.3. The van der Waals surface area contributed by atoms with Gasteiger partial charge in [-0.3, -0.25) is 4.99 Å². The van der Waals surface area contributed by atoms with E-state index in [9.17, 15) is 0 Å². The molecule has 0 amide bonds. The third kappa shape index (κ3) is 6.09. The van der Waals surface area contributed by atoms with E-state index in [0.29, 0.717) is 23.4 Å². The number of rotatable bonds is 8. The fraction of sp³-hybridized carbons (Fsp3) is 0.381. The normalized spacial score (nSPS) is 12.4. The molecule has 146 valence electrons. The van der Waals surface area contributed by atoms with E-state index in [1.165, 1.54) is 0 Å². The van der Waals surface area contributed by atoms with Gasteiger partial charge in [-0.1, -0.05) is 32.0 Å². The Morgan fingerprint density at radius 3 is 2.26 bits per heavy atom. The number of anilines is 2. The number of aliphatic imine (C=N–C) groups is 1. The Morgan fingerprint density at radius 2 is 1.67 bits per heavy atom. The van der Waals surface area contributed by atoms with Crippen LogP contribution < -0.4 is 25.4 Å². The van der Waals surface area contributed by atoms with Gasteiger partial charge in [0, 0.05) is 37.1 Å². The second-order valence-corrected chi connectivity index (χ2v) is 6.51. The number of nitrogens with one attached hydrogen (secondary N) is 3. The van der Waals surface area contributed by atoms with Crippen molar-refractivity contribution in [1.82, 2.24) is 5.32 Å². The van der Waals surface area contributed by atoms with Crippen LogP contribution in [-0.2, 0) is 0 Å². The van der Waals surface area contributed by atoms with Gasteiger partial charge in [0.05, 0.1) is 14.2 Å². The number of hydrogen-bond donors (Lipinski definition) is 3. The van der Waals surface area contributed by atoms with Crippen LogP contribution in [0.4, 0.5) is 11.4 Å². The van der Waals surface area contributed by atoms with Crippen molar-refractivity contribution in [3.63, 3.8) is 0 Å². The molecule has 2 rings (SSSR count). The number of methoxy groups -OCH3 is 2. The van der Waals surface area contributed by atoms with Crippen molar-refractivity contribution in [2.24, 2.45) is 10.9 Å². The van der Waals surface area contributed by atoms with E-state index in [2.05, 4.69) is 46.9 Å². The minimum atomic E-state index is 0.261. The van der Waals surface area contributed by atoms with Crippen LogP contribution in [0.1, 0.15) is 13.8 Å². The van der Waals surface area contributed by atoms with Crippen LogP contribution in [-0.4, -0.2) is 39.8 Å². The van der Waals surface area contributed by atoms with E-state index in [1.54, 1.807) is 21.3 Å². The summed E-state index contributed by atoms with van der Waals surface area (Å²) < 4.78 is 10.6. The Kier molecular flexibility index (Phi) is 7.79. The van der Waals surface area contributed by atoms with Crippen LogP contribution in [0.3, 0.4) is 0 Å². The van der Waals surface area contributed by atoms with E-state index < -0.39 is 0 Å². The molecule has 0 spiro atoms. The lowest BCUT2D eigenvalue weighted by atomic mass is 10.0. The minimum Gasteiger partial charge on any atom is -0.493 e. The summed E-state index contributed by atoms with van der Waals surface area (Å²) in [5.41, 5.74) is 1.98. The number of benzene rings is 2. The van der Waals surface area contributed by atoms with Gasteiger partial charge in [-0.05, 0) is 30.2 Å². The minimum absolute atomic E-state index is 0.261. The largest absolute Gasteiger partial charge is 0.493 e. The molecule has 0 aliphatic heterocycles. The molecule has 27 heavy (non-hydrogen) atoms. The van der Waals surface area contributed by atoms with Crippen LogP contribution in [0, 0.1) is 5.92 Å². The molecule has 0 heterocycles. The fourth-order valence-electron chi connectivity index (χ4n) is 2.64. The van der Waals surface area contributed by atoms with E-state index in [4.69, 9.17) is 9.47 Å². The summed E-state index contributed by atoms with van der Waals surface area (Å²) in [4.78, 5) is 4.31. The third-order valence-electron chi connectivity index (χ3n) is 4.29. The first-order valence-electron chi connectivity index (χ1n) is 9.08. The Hall–Kier alpha value is -2.89. The van der Waals surface area contributed by atoms with Gasteiger partial charge < -0.3 is 25.4 Å². The number of nitrogens with zero attached hydrogens (tertiary/aromatic N) is 1. The molecule has 0 fully saturated rings. The molecular weight excluding hydrogens is 340 g/mol. The van der Waals surface area contributed by atoms with Gasteiger partial charge >= 0.3 is 0 Å². The lowest BCUT2D eigenvalue weighted by Crippen LogP contribution is -2.42. The van der Waals surface area contributed by atoms with Crippen molar-refractivity contribution in [3.05, 3.63) is 48.5 Å². The number of para-hydroxylation sites is 1. The molecule has 0 bridgehead atoms. The van der Waals surface area contributed by atoms with Crippen molar-refractivity contribution in [2.45, 2.75) is 19.9 Å². The molecule has 0 aromatic heterocycles. The molecule has 1 atom stereocenters. The molecule has 0 aliphatic carbocycles. The summed E-state index contributed by atoms with van der Waals surface area (Å²) in [6.07, 6.45) is 0. The summed E-state index contributed by atoms with van der Waals surface area (Å²) in [6, 6.07) is 16.2. The summed E-state index contributed by atoms with van der Waals surface area (Å²) >= 11 is 0. The predicted octanol–water partition coefficient (Wildman–Crippen LogP) is 3.83. The number of hydrogen-bond acceptors (Lipinski definition) is 4. The molecule has 2 aromatic carbocycles. The van der Waals surface area contributed by atoms with E-state index in [0.717, 1.165) is 17.9 Å². The summed E-state index contributed by atoms with van der Waals surface area (Å²) in [5.74, 6) is 2.52. The molecule has 0 saturated carbocycles. The highest BCUT2D eigenvalue weighted by Gasteiger charge is 2.14. The van der Waals surface area contributed by atoms with Gasteiger partial charge in [0.2, 0.25) is 0 Å². The van der Waals surface area contributed by atoms with Crippen molar-refractivity contribution in [3.8, 4) is 11.5 Å². The first kappa shape index (κ1) is 20.4. The highest BCUT2D eigenvalue weighted by atomic mass is 16.5. The number of ether oxygens (including phenoxy) is 2. The average Bonchev–Trinajstić information content (AvgIpc) is 2.70. The SMILES string of the molecule is CN=C(NCC(Nc1ccccc1)C(C)C)Nc1ccc(OC)c(OC)c1. The standard InChI is InChI=1S/C21H30N4O2/c1-15(2)18(24-16-9-7-6-8-10-16)14-23-21(22-3)25-17-11-12-19(26-4)20(13-17)27-5/h6-13,15,18,24H,14H2,1-5H3,(H2,22,23,25). The van der Waals surface area contributed by atoms with Gasteiger partial charge in [-0.25, -0.2) is 0 Å². The van der Waals surface area contributed by atoms with E-state index >= 15 is 0 Å². The van der Waals surface area contributed by atoms with Crippen molar-refractivity contribution in [2.75, 3.05) is 38.4 Å². The highest BCUT2D eigenvalue weighted by Crippen LogP contribution is 2.29. The van der Waals surface area contributed by atoms with Crippen LogP contribution in [0.25, 0.3) is 0 Å². The Balaban J connectivity index is 1.99. The molecular formula is C21H30N4O2. The molecule has 2 aromatic rings. The first-order chi connectivity index (χ1) is 13.1. The van der Waals surface area contributed by atoms with Crippen molar-refractivity contribution >= 4 is 17.3 Å². The average molecular weight is 370 g/mol. The van der Waals surface area contributed by atoms with Crippen molar-refractivity contribution in [1.29, 1.82) is 0 Å². The Labute approximate surface area is 162 Å². The van der Waals surface area contributed by atoms with Crippen molar-refractivity contribution < 1.29 is 9.47 Å². The first-order valence-corrected chi connectivity index (χ1v) is 9.08. The number of guanidine groups is 1. The van der Waals surface area contributed by atoms with Gasteiger partial charge in [0.25, 0.3) is 0 Å². The van der Waals surface area contributed by atoms with E-state index in [-0.39, 0.29) is 6.04 Å². The third-order valence-corrected chi connectivity index (χ3v) is 4.29. The molecule has 0 saturated heterocycles. The fourth-order valence-corrected chi connectivity index (χ4v) is 2.64. The highest BCUT2D eigenvalue weighted by molar-refractivity contribution is 5.93. The molecule has 6 nitrogen and oxygen atoms in total. The predicted molar refractivity (Wildman–Crippen MR) is 113 cm³/mol. The van der Waals surface area contributed by atoms with Crippen LogP contribution in [0.15, 0.2) is 53.5 Å². The zero-order chi connectivity index (χ0) is 19.6. The lowest BCUT2D eigenvalue weighted by molar-refractivity contribution is 0.355. The van der Waals surface area contributed by atoms with Gasteiger partial charge in [-0.2, -0.15) is 0 Å². The van der Waals surface area contributed by atoms with Crippen LogP contribution >= 0.6 is 0 Å². The second kappa shape index (κ2) is 10.3. The van der Waals surface area contributed by atoms with Gasteiger partial charge in [-0.15, -0.1) is 0 Å². The summed E-state index contributed by atoms with van der Waals surface area (Å²) in [7, 11) is 5.00. The molecule has 0 radical (unpaired) electrons. The maximum atomic E-state index is 5.35. The quantitative estimate of drug-likeness (QED) is 0.487. The Morgan fingerprint density at radius 1 is 0.963 bits per heavy atom. The Bertz CT molecular complexity index is 732.